The van der Waals surface area contributed by atoms with E-state index < -0.39 is 0 Å². The Balaban J connectivity index is 2.02. The molecule has 0 aromatic heterocycles. The molecule has 0 aliphatic heterocycles. The van der Waals surface area contributed by atoms with Crippen LogP contribution in [0.15, 0.2) is 42.5 Å². The van der Waals surface area contributed by atoms with Gasteiger partial charge < -0.3 is 10.4 Å². The minimum absolute atomic E-state index is 0.0626. The Bertz CT molecular complexity index is 574. The molecule has 0 heterocycles. The zero-order valence-corrected chi connectivity index (χ0v) is 11.3. The highest BCUT2D eigenvalue weighted by molar-refractivity contribution is 6.32. The topological polar surface area (TPSA) is 32.3 Å². The fourth-order valence-corrected chi connectivity index (χ4v) is 2.07. The van der Waals surface area contributed by atoms with Crippen molar-refractivity contribution in [2.45, 2.75) is 19.5 Å². The van der Waals surface area contributed by atoms with Crippen LogP contribution in [0.5, 0.6) is 5.75 Å². The van der Waals surface area contributed by atoms with Gasteiger partial charge in [-0.1, -0.05) is 35.9 Å². The monoisotopic (exact) mass is 279 g/mol. The summed E-state index contributed by atoms with van der Waals surface area (Å²) in [6, 6.07) is 11.6. The van der Waals surface area contributed by atoms with Gasteiger partial charge in [-0.2, -0.15) is 0 Å². The largest absolute Gasteiger partial charge is 0.506 e. The summed E-state index contributed by atoms with van der Waals surface area (Å²) in [7, 11) is 0. The third kappa shape index (κ3) is 3.46. The molecule has 1 unspecified atom stereocenters. The number of aromatic hydroxyl groups is 1. The number of benzene rings is 2. The predicted octanol–water partition coefficient (Wildman–Crippen LogP) is 4.04. The van der Waals surface area contributed by atoms with E-state index in [4.69, 9.17) is 11.6 Å². The third-order valence-corrected chi connectivity index (χ3v) is 3.30. The molecule has 0 amide bonds. The highest BCUT2D eigenvalue weighted by Crippen LogP contribution is 2.24. The Labute approximate surface area is 116 Å². The third-order valence-electron chi connectivity index (χ3n) is 3.00. The maximum atomic E-state index is 13.6. The Morgan fingerprint density at radius 2 is 2.00 bits per heavy atom. The number of halogens is 2. The first-order chi connectivity index (χ1) is 9.08. The van der Waals surface area contributed by atoms with Crippen molar-refractivity contribution in [2.24, 2.45) is 0 Å². The van der Waals surface area contributed by atoms with Gasteiger partial charge in [0.25, 0.3) is 0 Å². The van der Waals surface area contributed by atoms with Crippen LogP contribution in [-0.4, -0.2) is 5.11 Å². The van der Waals surface area contributed by atoms with Crippen molar-refractivity contribution in [3.05, 3.63) is 64.4 Å². The minimum atomic E-state index is -0.216. The summed E-state index contributed by atoms with van der Waals surface area (Å²) in [6.07, 6.45) is 0. The van der Waals surface area contributed by atoms with Crippen molar-refractivity contribution in [1.82, 2.24) is 5.32 Å². The normalized spacial score (nSPS) is 12.4. The zero-order chi connectivity index (χ0) is 13.8. The molecule has 0 saturated heterocycles. The first kappa shape index (κ1) is 13.8. The van der Waals surface area contributed by atoms with Gasteiger partial charge in [-0.25, -0.2) is 4.39 Å². The van der Waals surface area contributed by atoms with Crippen LogP contribution in [0.2, 0.25) is 5.02 Å². The number of hydrogen-bond acceptors (Lipinski definition) is 2. The molecule has 0 aliphatic rings. The highest BCUT2D eigenvalue weighted by atomic mass is 35.5. The molecule has 2 aromatic rings. The second kappa shape index (κ2) is 6.04. The summed E-state index contributed by atoms with van der Waals surface area (Å²) in [5.41, 5.74) is 1.57. The van der Waals surface area contributed by atoms with Gasteiger partial charge in [0, 0.05) is 18.2 Å². The van der Waals surface area contributed by atoms with Crippen LogP contribution < -0.4 is 5.32 Å². The summed E-state index contributed by atoms with van der Waals surface area (Å²) in [5.74, 6) is -0.154. The maximum Gasteiger partial charge on any atom is 0.134 e. The van der Waals surface area contributed by atoms with Crippen LogP contribution in [0.4, 0.5) is 4.39 Å². The van der Waals surface area contributed by atoms with Crippen molar-refractivity contribution >= 4 is 11.6 Å². The van der Waals surface area contributed by atoms with Crippen molar-refractivity contribution in [2.75, 3.05) is 0 Å². The van der Waals surface area contributed by atoms with E-state index in [0.29, 0.717) is 17.1 Å². The molecule has 1 atom stereocenters. The Morgan fingerprint density at radius 3 is 2.68 bits per heavy atom. The molecule has 2 aromatic carbocycles. The van der Waals surface area contributed by atoms with E-state index in [1.54, 1.807) is 30.3 Å². The van der Waals surface area contributed by atoms with Gasteiger partial charge >= 0.3 is 0 Å². The molecule has 2 nitrogen and oxygen atoms in total. The lowest BCUT2D eigenvalue weighted by Crippen LogP contribution is -2.19. The fraction of sp³-hybridized carbons (Fsp3) is 0.200. The molecule has 0 saturated carbocycles. The fourth-order valence-electron chi connectivity index (χ4n) is 1.87. The standard InChI is InChI=1S/C15H15ClFNO/c1-10(12-4-2-3-5-14(12)17)18-9-11-6-7-15(19)13(16)8-11/h2-8,10,18-19H,9H2,1H3. The molecule has 2 N–H and O–H groups in total. The van der Waals surface area contributed by atoms with E-state index >= 15 is 0 Å². The Hall–Kier alpha value is -1.58. The average Bonchev–Trinajstić information content (AvgIpc) is 2.40. The SMILES string of the molecule is CC(NCc1ccc(O)c(Cl)c1)c1ccccc1F. The van der Waals surface area contributed by atoms with Crippen molar-refractivity contribution in [1.29, 1.82) is 0 Å². The minimum Gasteiger partial charge on any atom is -0.506 e. The maximum absolute atomic E-state index is 13.6. The molecule has 4 heteroatoms. The summed E-state index contributed by atoms with van der Waals surface area (Å²) < 4.78 is 13.6. The summed E-state index contributed by atoms with van der Waals surface area (Å²) >= 11 is 5.83. The van der Waals surface area contributed by atoms with Gasteiger partial charge in [-0.05, 0) is 30.7 Å². The molecule has 100 valence electrons. The number of phenols is 1. The van der Waals surface area contributed by atoms with Crippen LogP contribution in [0.25, 0.3) is 0 Å². The molecule has 0 fully saturated rings. The summed E-state index contributed by atoms with van der Waals surface area (Å²) in [6.45, 7) is 2.45. The predicted molar refractivity (Wildman–Crippen MR) is 74.8 cm³/mol. The van der Waals surface area contributed by atoms with Crippen LogP contribution in [0.3, 0.4) is 0 Å². The molecular weight excluding hydrogens is 265 g/mol. The summed E-state index contributed by atoms with van der Waals surface area (Å²) in [5, 5.41) is 12.9. The Morgan fingerprint density at radius 1 is 1.26 bits per heavy atom. The van der Waals surface area contributed by atoms with E-state index in [1.807, 2.05) is 13.0 Å². The van der Waals surface area contributed by atoms with Crippen molar-refractivity contribution in [3.8, 4) is 5.75 Å². The van der Waals surface area contributed by atoms with Crippen LogP contribution in [-0.2, 0) is 6.54 Å². The van der Waals surface area contributed by atoms with Crippen LogP contribution >= 0.6 is 11.6 Å². The highest BCUT2D eigenvalue weighted by Gasteiger charge is 2.09. The van der Waals surface area contributed by atoms with Gasteiger partial charge in [0.15, 0.2) is 0 Å². The number of nitrogens with one attached hydrogen (secondary N) is 1. The van der Waals surface area contributed by atoms with E-state index in [-0.39, 0.29) is 17.6 Å². The van der Waals surface area contributed by atoms with Gasteiger partial charge in [-0.15, -0.1) is 0 Å². The molecule has 0 bridgehead atoms. The smallest absolute Gasteiger partial charge is 0.134 e. The lowest BCUT2D eigenvalue weighted by Gasteiger charge is -2.15. The van der Waals surface area contributed by atoms with Gasteiger partial charge in [0.2, 0.25) is 0 Å². The first-order valence-corrected chi connectivity index (χ1v) is 6.41. The number of phenolic OH excluding ortho intramolecular Hbond substituents is 1. The molecule has 0 aliphatic carbocycles. The summed E-state index contributed by atoms with van der Waals surface area (Å²) in [4.78, 5) is 0. The van der Waals surface area contributed by atoms with E-state index in [0.717, 1.165) is 5.56 Å². The molecule has 0 radical (unpaired) electrons. The van der Waals surface area contributed by atoms with Crippen LogP contribution in [0.1, 0.15) is 24.1 Å². The molecule has 19 heavy (non-hydrogen) atoms. The van der Waals surface area contributed by atoms with E-state index in [9.17, 15) is 9.50 Å². The number of rotatable bonds is 4. The van der Waals surface area contributed by atoms with Gasteiger partial charge in [0.05, 0.1) is 5.02 Å². The Kier molecular flexibility index (Phi) is 4.40. The van der Waals surface area contributed by atoms with E-state index in [1.165, 1.54) is 6.07 Å². The molecule has 2 rings (SSSR count). The second-order valence-electron chi connectivity index (χ2n) is 4.41. The second-order valence-corrected chi connectivity index (χ2v) is 4.82. The van der Waals surface area contributed by atoms with Crippen LogP contribution in [0, 0.1) is 5.82 Å². The van der Waals surface area contributed by atoms with Gasteiger partial charge in [0.1, 0.15) is 11.6 Å². The first-order valence-electron chi connectivity index (χ1n) is 6.03. The van der Waals surface area contributed by atoms with Crippen molar-refractivity contribution < 1.29 is 9.50 Å². The lowest BCUT2D eigenvalue weighted by molar-refractivity contribution is 0.475. The molecule has 0 spiro atoms. The zero-order valence-electron chi connectivity index (χ0n) is 10.5. The van der Waals surface area contributed by atoms with Crippen molar-refractivity contribution in [3.63, 3.8) is 0 Å². The van der Waals surface area contributed by atoms with E-state index in [2.05, 4.69) is 5.32 Å². The van der Waals surface area contributed by atoms with Gasteiger partial charge in [-0.3, -0.25) is 0 Å². The number of hydrogen-bond donors (Lipinski definition) is 2. The average molecular weight is 280 g/mol. The molecular formula is C15H15ClFNO. The lowest BCUT2D eigenvalue weighted by atomic mass is 10.1. The quantitative estimate of drug-likeness (QED) is 0.885.